The smallest absolute Gasteiger partial charge is 0.247 e. The number of hydrogen-bond acceptors (Lipinski definition) is 1. The second-order valence-corrected chi connectivity index (χ2v) is 3.48. The summed E-state index contributed by atoms with van der Waals surface area (Å²) in [5.41, 5.74) is 0.951. The first kappa shape index (κ1) is 13.1. The number of rotatable bonds is 3. The van der Waals surface area contributed by atoms with Gasteiger partial charge in [-0.05, 0) is 32.1 Å². The van der Waals surface area contributed by atoms with Gasteiger partial charge in [-0.15, -0.1) is 0 Å². The number of carbonyl (C=O) groups is 1. The van der Waals surface area contributed by atoms with Gasteiger partial charge in [0.15, 0.2) is 0 Å². The molecule has 0 spiro atoms. The quantitative estimate of drug-likeness (QED) is 0.574. The lowest BCUT2D eigenvalue weighted by Gasteiger charge is -2.15. The van der Waals surface area contributed by atoms with E-state index in [9.17, 15) is 4.79 Å². The van der Waals surface area contributed by atoms with Gasteiger partial charge in [-0.2, -0.15) is 0 Å². The number of carbonyl (C=O) groups excluding carboxylic acids is 1. The van der Waals surface area contributed by atoms with Crippen LogP contribution in [0.2, 0.25) is 0 Å². The number of nitrogens with zero attached hydrogens (tertiary/aromatic N) is 1. The minimum absolute atomic E-state index is 0.0114. The largest absolute Gasteiger partial charge is 0.340 e. The molecule has 0 saturated carbocycles. The van der Waals surface area contributed by atoms with E-state index in [1.807, 2.05) is 44.2 Å². The van der Waals surface area contributed by atoms with Crippen LogP contribution in [0.3, 0.4) is 0 Å². The Hall–Kier alpha value is -2.01. The molecule has 0 aromatic heterocycles. The Balaban J connectivity index is 2.56. The molecule has 0 heterocycles. The summed E-state index contributed by atoms with van der Waals surface area (Å²) >= 11 is 0. The van der Waals surface area contributed by atoms with Gasteiger partial charge in [0.1, 0.15) is 0 Å². The van der Waals surface area contributed by atoms with Crippen LogP contribution >= 0.6 is 0 Å². The molecule has 1 amide bonds. The summed E-state index contributed by atoms with van der Waals surface area (Å²) in [6.45, 7) is 5.38. The minimum Gasteiger partial charge on any atom is -0.340 e. The second-order valence-electron chi connectivity index (χ2n) is 3.48. The Labute approximate surface area is 103 Å². The molecule has 0 bridgehead atoms. The molecule has 0 N–H and O–H groups in total. The summed E-state index contributed by atoms with van der Waals surface area (Å²) in [4.78, 5) is 13.3. The molecule has 0 unspecified atom stereocenters. The van der Waals surface area contributed by atoms with E-state index in [1.165, 1.54) is 6.08 Å². The van der Waals surface area contributed by atoms with E-state index in [-0.39, 0.29) is 5.91 Å². The van der Waals surface area contributed by atoms with Crippen LogP contribution in [0.4, 0.5) is 0 Å². The average molecular weight is 227 g/mol. The van der Waals surface area contributed by atoms with Crippen molar-refractivity contribution in [3.05, 3.63) is 48.0 Å². The molecule has 0 atom stereocenters. The number of likely N-dealkylation sites (N-methyl/N-ethyl adjacent to an activating group) is 1. The van der Waals surface area contributed by atoms with Gasteiger partial charge in [-0.1, -0.05) is 30.0 Å². The number of allylic oxidation sites excluding steroid dienone is 1. The summed E-state index contributed by atoms with van der Waals surface area (Å²) in [5, 5.41) is 0. The molecule has 0 aliphatic heterocycles. The van der Waals surface area contributed by atoms with Gasteiger partial charge in [0.05, 0.1) is 0 Å². The fourth-order valence-corrected chi connectivity index (χ4v) is 1.40. The third-order valence-corrected chi connectivity index (χ3v) is 2.37. The van der Waals surface area contributed by atoms with Crippen LogP contribution in [-0.2, 0) is 4.79 Å². The normalized spacial score (nSPS) is 9.76. The Morgan fingerprint density at radius 3 is 2.47 bits per heavy atom. The lowest BCUT2D eigenvalue weighted by atomic mass is 10.2. The fraction of sp³-hybridized carbons (Fsp3) is 0.267. The van der Waals surface area contributed by atoms with Crippen LogP contribution in [0, 0.1) is 11.8 Å². The van der Waals surface area contributed by atoms with E-state index in [0.717, 1.165) is 18.7 Å². The van der Waals surface area contributed by atoms with Crippen molar-refractivity contribution in [3.63, 3.8) is 0 Å². The molecular weight excluding hydrogens is 210 g/mol. The van der Waals surface area contributed by atoms with Crippen molar-refractivity contribution in [1.29, 1.82) is 0 Å². The van der Waals surface area contributed by atoms with Gasteiger partial charge >= 0.3 is 0 Å². The summed E-state index contributed by atoms with van der Waals surface area (Å²) in [5.74, 6) is 5.84. The summed E-state index contributed by atoms with van der Waals surface area (Å²) in [6.07, 6.45) is 3.12. The van der Waals surface area contributed by atoms with Gasteiger partial charge in [0, 0.05) is 24.7 Å². The highest BCUT2D eigenvalue weighted by atomic mass is 16.2. The van der Waals surface area contributed by atoms with Crippen LogP contribution in [0.15, 0.2) is 42.5 Å². The first-order chi connectivity index (χ1) is 8.27. The third-order valence-electron chi connectivity index (χ3n) is 2.37. The minimum atomic E-state index is 0.0114. The molecule has 1 aromatic carbocycles. The Morgan fingerprint density at radius 1 is 1.24 bits per heavy atom. The predicted octanol–water partition coefficient (Wildman–Crippen LogP) is 2.46. The lowest BCUT2D eigenvalue weighted by Crippen LogP contribution is -2.28. The number of hydrogen-bond donors (Lipinski definition) is 0. The first-order valence-electron chi connectivity index (χ1n) is 5.80. The average Bonchev–Trinajstić information content (AvgIpc) is 2.37. The maximum absolute atomic E-state index is 11.6. The summed E-state index contributed by atoms with van der Waals surface area (Å²) in [6, 6.07) is 9.70. The van der Waals surface area contributed by atoms with Gasteiger partial charge in [0.25, 0.3) is 0 Å². The highest BCUT2D eigenvalue weighted by Crippen LogP contribution is 1.95. The number of amides is 1. The van der Waals surface area contributed by atoms with Crippen LogP contribution < -0.4 is 0 Å². The predicted molar refractivity (Wildman–Crippen MR) is 70.4 cm³/mol. The topological polar surface area (TPSA) is 20.3 Å². The van der Waals surface area contributed by atoms with Crippen molar-refractivity contribution in [2.24, 2.45) is 0 Å². The van der Waals surface area contributed by atoms with Crippen molar-refractivity contribution >= 4 is 5.91 Å². The molecule has 1 aromatic rings. The van der Waals surface area contributed by atoms with Gasteiger partial charge < -0.3 is 4.90 Å². The first-order valence-corrected chi connectivity index (χ1v) is 5.80. The zero-order valence-corrected chi connectivity index (χ0v) is 10.3. The van der Waals surface area contributed by atoms with Crippen molar-refractivity contribution in [2.75, 3.05) is 13.1 Å². The maximum Gasteiger partial charge on any atom is 0.247 e. The Bertz CT molecular complexity index is 433. The third kappa shape index (κ3) is 4.56. The number of benzene rings is 1. The molecule has 17 heavy (non-hydrogen) atoms. The molecule has 0 fully saturated rings. The van der Waals surface area contributed by atoms with E-state index in [0.29, 0.717) is 0 Å². The van der Waals surface area contributed by atoms with Gasteiger partial charge in [-0.3, -0.25) is 4.79 Å². The fourth-order valence-electron chi connectivity index (χ4n) is 1.40. The Morgan fingerprint density at radius 2 is 1.88 bits per heavy atom. The van der Waals surface area contributed by atoms with Crippen molar-refractivity contribution in [1.82, 2.24) is 4.90 Å². The molecule has 0 saturated heterocycles. The molecule has 0 radical (unpaired) electrons. The van der Waals surface area contributed by atoms with Crippen molar-refractivity contribution in [3.8, 4) is 11.8 Å². The summed E-state index contributed by atoms with van der Waals surface area (Å²) in [7, 11) is 0. The second kappa shape index (κ2) is 7.29. The summed E-state index contributed by atoms with van der Waals surface area (Å²) < 4.78 is 0. The van der Waals surface area contributed by atoms with Crippen molar-refractivity contribution < 1.29 is 4.79 Å². The SMILES string of the molecule is CCN(CC)C(=O)/C=C/C#Cc1ccccc1. The molecule has 0 aliphatic rings. The zero-order valence-electron chi connectivity index (χ0n) is 10.3. The molecule has 2 nitrogen and oxygen atoms in total. The molecule has 1 rings (SSSR count). The molecular formula is C15H17NO. The van der Waals surface area contributed by atoms with Crippen LogP contribution in [0.5, 0.6) is 0 Å². The van der Waals surface area contributed by atoms with Gasteiger partial charge in [-0.25, -0.2) is 0 Å². The van der Waals surface area contributed by atoms with Gasteiger partial charge in [0.2, 0.25) is 5.91 Å². The molecule has 2 heteroatoms. The van der Waals surface area contributed by atoms with Crippen LogP contribution in [-0.4, -0.2) is 23.9 Å². The Kier molecular flexibility index (Phi) is 5.60. The van der Waals surface area contributed by atoms with Crippen LogP contribution in [0.25, 0.3) is 0 Å². The van der Waals surface area contributed by atoms with E-state index < -0.39 is 0 Å². The highest BCUT2D eigenvalue weighted by Gasteiger charge is 2.03. The highest BCUT2D eigenvalue weighted by molar-refractivity contribution is 5.88. The van der Waals surface area contributed by atoms with Crippen LogP contribution in [0.1, 0.15) is 19.4 Å². The maximum atomic E-state index is 11.6. The monoisotopic (exact) mass is 227 g/mol. The van der Waals surface area contributed by atoms with E-state index >= 15 is 0 Å². The molecule has 88 valence electrons. The van der Waals surface area contributed by atoms with E-state index in [1.54, 1.807) is 11.0 Å². The van der Waals surface area contributed by atoms with E-state index in [2.05, 4.69) is 11.8 Å². The lowest BCUT2D eigenvalue weighted by molar-refractivity contribution is -0.125. The molecule has 0 aliphatic carbocycles. The zero-order chi connectivity index (χ0) is 12.5. The van der Waals surface area contributed by atoms with E-state index in [4.69, 9.17) is 0 Å². The standard InChI is InChI=1S/C15H17NO/c1-3-16(4-2)15(17)13-9-8-12-14-10-6-5-7-11-14/h5-7,9-11,13H,3-4H2,1-2H3/b13-9+. The van der Waals surface area contributed by atoms with Crippen molar-refractivity contribution in [2.45, 2.75) is 13.8 Å².